The molecule has 0 saturated carbocycles. The van der Waals surface area contributed by atoms with Crippen molar-refractivity contribution in [1.29, 1.82) is 0 Å². The van der Waals surface area contributed by atoms with Crippen molar-refractivity contribution in [3.63, 3.8) is 0 Å². The lowest BCUT2D eigenvalue weighted by Gasteiger charge is -2.15. The summed E-state index contributed by atoms with van der Waals surface area (Å²) in [6.45, 7) is 2.72. The van der Waals surface area contributed by atoms with E-state index < -0.39 is 6.04 Å². The smallest absolute Gasteiger partial charge is 0.307 e. The second-order valence-corrected chi connectivity index (χ2v) is 4.58. The highest BCUT2D eigenvalue weighted by Crippen LogP contribution is 2.13. The van der Waals surface area contributed by atoms with Crippen molar-refractivity contribution in [2.24, 2.45) is 0 Å². The first-order chi connectivity index (χ1) is 8.19. The van der Waals surface area contributed by atoms with Crippen molar-refractivity contribution in [2.45, 2.75) is 25.8 Å². The third kappa shape index (κ3) is 4.28. The highest BCUT2D eigenvalue weighted by atomic mass is 32.1. The Morgan fingerprint density at radius 2 is 2.29 bits per heavy atom. The van der Waals surface area contributed by atoms with E-state index in [9.17, 15) is 9.59 Å². The summed E-state index contributed by atoms with van der Waals surface area (Å²) in [5.74, 6) is -0.414. The second-order valence-electron chi connectivity index (χ2n) is 3.63. The number of thiophene rings is 1. The topological polar surface area (TPSA) is 55.4 Å². The minimum absolute atomic E-state index is 0.0427. The summed E-state index contributed by atoms with van der Waals surface area (Å²) in [6.07, 6.45) is 0.989. The SMILES string of the molecule is CCCNC(CC(=O)OC)C(=O)c1cccs1. The van der Waals surface area contributed by atoms with Gasteiger partial charge in [-0.3, -0.25) is 9.59 Å². The summed E-state index contributed by atoms with van der Waals surface area (Å²) in [6, 6.07) is 3.11. The first-order valence-corrected chi connectivity index (χ1v) is 6.45. The molecule has 1 aromatic rings. The van der Waals surface area contributed by atoms with Gasteiger partial charge in [0.25, 0.3) is 0 Å². The van der Waals surface area contributed by atoms with Gasteiger partial charge in [0.05, 0.1) is 24.4 Å². The molecule has 1 rings (SSSR count). The number of Topliss-reactive ketones (excluding diaryl/α,β-unsaturated/α-hetero) is 1. The van der Waals surface area contributed by atoms with E-state index in [1.54, 1.807) is 6.07 Å². The molecule has 0 spiro atoms. The van der Waals surface area contributed by atoms with E-state index in [4.69, 9.17) is 0 Å². The van der Waals surface area contributed by atoms with Crippen molar-refractivity contribution in [3.05, 3.63) is 22.4 Å². The van der Waals surface area contributed by atoms with Crippen LogP contribution >= 0.6 is 11.3 Å². The van der Waals surface area contributed by atoms with Crippen LogP contribution in [0.2, 0.25) is 0 Å². The van der Waals surface area contributed by atoms with Gasteiger partial charge in [-0.1, -0.05) is 13.0 Å². The third-order valence-corrected chi connectivity index (χ3v) is 3.20. The zero-order valence-corrected chi connectivity index (χ0v) is 10.9. The van der Waals surface area contributed by atoms with E-state index in [0.29, 0.717) is 11.4 Å². The van der Waals surface area contributed by atoms with E-state index in [1.807, 2.05) is 18.4 Å². The lowest BCUT2D eigenvalue weighted by molar-refractivity contribution is -0.140. The fraction of sp³-hybridized carbons (Fsp3) is 0.500. The maximum absolute atomic E-state index is 12.1. The highest BCUT2D eigenvalue weighted by molar-refractivity contribution is 7.12. The van der Waals surface area contributed by atoms with Crippen LogP contribution in [0.25, 0.3) is 0 Å². The summed E-state index contributed by atoms with van der Waals surface area (Å²) in [5.41, 5.74) is 0. The number of methoxy groups -OCH3 is 1. The molecule has 0 aliphatic rings. The van der Waals surface area contributed by atoms with E-state index in [1.165, 1.54) is 18.4 Å². The number of esters is 1. The molecule has 1 N–H and O–H groups in total. The maximum atomic E-state index is 12.1. The molecule has 94 valence electrons. The Morgan fingerprint density at radius 3 is 2.82 bits per heavy atom. The number of carbonyl (C=O) groups is 2. The molecule has 0 saturated heterocycles. The molecule has 1 atom stereocenters. The zero-order valence-electron chi connectivity index (χ0n) is 10.1. The highest BCUT2D eigenvalue weighted by Gasteiger charge is 2.23. The van der Waals surface area contributed by atoms with Gasteiger partial charge < -0.3 is 10.1 Å². The average Bonchev–Trinajstić information content (AvgIpc) is 2.86. The molecule has 0 amide bonds. The van der Waals surface area contributed by atoms with Gasteiger partial charge in [0.1, 0.15) is 0 Å². The molecule has 4 nitrogen and oxygen atoms in total. The molecule has 17 heavy (non-hydrogen) atoms. The number of ketones is 1. The van der Waals surface area contributed by atoms with Crippen LogP contribution in [0.5, 0.6) is 0 Å². The minimum atomic E-state index is -0.485. The Balaban J connectivity index is 2.68. The van der Waals surface area contributed by atoms with Gasteiger partial charge in [-0.15, -0.1) is 11.3 Å². The zero-order chi connectivity index (χ0) is 12.7. The number of carbonyl (C=O) groups excluding carboxylic acids is 2. The Labute approximate surface area is 105 Å². The average molecular weight is 255 g/mol. The summed E-state index contributed by atoms with van der Waals surface area (Å²) in [4.78, 5) is 24.0. The summed E-state index contributed by atoms with van der Waals surface area (Å²) in [5, 5.41) is 4.93. The van der Waals surface area contributed by atoms with Crippen LogP contribution in [0.1, 0.15) is 29.4 Å². The molecule has 5 heteroatoms. The van der Waals surface area contributed by atoms with Crippen molar-refractivity contribution in [3.8, 4) is 0 Å². The van der Waals surface area contributed by atoms with E-state index in [-0.39, 0.29) is 18.2 Å². The molecule has 0 radical (unpaired) electrons. The van der Waals surface area contributed by atoms with E-state index in [0.717, 1.165) is 6.42 Å². The fourth-order valence-corrected chi connectivity index (χ4v) is 2.14. The number of ether oxygens (including phenoxy) is 1. The van der Waals surface area contributed by atoms with Gasteiger partial charge in [0.15, 0.2) is 5.78 Å². The molecule has 1 heterocycles. The summed E-state index contributed by atoms with van der Waals surface area (Å²) >= 11 is 1.39. The van der Waals surface area contributed by atoms with Gasteiger partial charge in [-0.05, 0) is 24.4 Å². The lowest BCUT2D eigenvalue weighted by Crippen LogP contribution is -2.39. The van der Waals surface area contributed by atoms with Crippen LogP contribution < -0.4 is 5.32 Å². The largest absolute Gasteiger partial charge is 0.469 e. The quantitative estimate of drug-likeness (QED) is 0.597. The summed E-state index contributed by atoms with van der Waals surface area (Å²) < 4.78 is 4.60. The predicted molar refractivity (Wildman–Crippen MR) is 67.4 cm³/mol. The molecule has 0 fully saturated rings. The van der Waals surface area contributed by atoms with E-state index >= 15 is 0 Å². The van der Waals surface area contributed by atoms with Crippen molar-refractivity contribution < 1.29 is 14.3 Å². The Bertz CT molecular complexity index is 362. The molecule has 0 bridgehead atoms. The number of nitrogens with one attached hydrogen (secondary N) is 1. The van der Waals surface area contributed by atoms with Crippen LogP contribution in [0, 0.1) is 0 Å². The molecule has 1 aromatic heterocycles. The molecule has 0 aliphatic heterocycles. The Kier molecular flexibility index (Phi) is 5.86. The van der Waals surface area contributed by atoms with Gasteiger partial charge >= 0.3 is 5.97 Å². The van der Waals surface area contributed by atoms with Crippen LogP contribution in [0.15, 0.2) is 17.5 Å². The van der Waals surface area contributed by atoms with Crippen molar-refractivity contribution in [2.75, 3.05) is 13.7 Å². The predicted octanol–water partition coefficient (Wildman–Crippen LogP) is 1.86. The molecule has 1 unspecified atom stereocenters. The van der Waals surface area contributed by atoms with Crippen LogP contribution in [-0.4, -0.2) is 31.4 Å². The number of hydrogen-bond donors (Lipinski definition) is 1. The standard InChI is InChI=1S/C12H17NO3S/c1-3-6-13-9(8-11(14)16-2)12(15)10-5-4-7-17-10/h4-5,7,9,13H,3,6,8H2,1-2H3. The fourth-order valence-electron chi connectivity index (χ4n) is 1.42. The van der Waals surface area contributed by atoms with Gasteiger partial charge in [-0.2, -0.15) is 0 Å². The lowest BCUT2D eigenvalue weighted by atomic mass is 10.1. The molecular formula is C12H17NO3S. The maximum Gasteiger partial charge on any atom is 0.307 e. The third-order valence-electron chi connectivity index (χ3n) is 2.32. The first kappa shape index (κ1) is 13.9. The number of hydrogen-bond acceptors (Lipinski definition) is 5. The Morgan fingerprint density at radius 1 is 1.53 bits per heavy atom. The second kappa shape index (κ2) is 7.19. The van der Waals surface area contributed by atoms with Crippen LogP contribution in [0.4, 0.5) is 0 Å². The van der Waals surface area contributed by atoms with E-state index in [2.05, 4.69) is 10.1 Å². The summed E-state index contributed by atoms with van der Waals surface area (Å²) in [7, 11) is 1.33. The molecule has 0 aromatic carbocycles. The van der Waals surface area contributed by atoms with Gasteiger partial charge in [0, 0.05) is 0 Å². The molecular weight excluding hydrogens is 238 g/mol. The molecule has 0 aliphatic carbocycles. The monoisotopic (exact) mass is 255 g/mol. The Hall–Kier alpha value is -1.20. The van der Waals surface area contributed by atoms with Crippen LogP contribution in [0.3, 0.4) is 0 Å². The van der Waals surface area contributed by atoms with Gasteiger partial charge in [-0.25, -0.2) is 0 Å². The van der Waals surface area contributed by atoms with Gasteiger partial charge in [0.2, 0.25) is 0 Å². The number of rotatable bonds is 7. The van der Waals surface area contributed by atoms with Crippen LogP contribution in [-0.2, 0) is 9.53 Å². The first-order valence-electron chi connectivity index (χ1n) is 5.57. The normalized spacial score (nSPS) is 12.1. The van der Waals surface area contributed by atoms with Crippen molar-refractivity contribution in [1.82, 2.24) is 5.32 Å². The minimum Gasteiger partial charge on any atom is -0.469 e. The van der Waals surface area contributed by atoms with Crippen molar-refractivity contribution >= 4 is 23.1 Å².